The number of piperazine rings is 1. The summed E-state index contributed by atoms with van der Waals surface area (Å²) in [4.78, 5) is 28.4. The molecular formula is C19H24N4O2. The predicted molar refractivity (Wildman–Crippen MR) is 98.2 cm³/mol. The van der Waals surface area contributed by atoms with Crippen LogP contribution in [-0.2, 0) is 6.54 Å². The molecule has 1 aliphatic rings. The van der Waals surface area contributed by atoms with Gasteiger partial charge in [0.2, 0.25) is 0 Å². The molecule has 6 heteroatoms. The van der Waals surface area contributed by atoms with Gasteiger partial charge in [0.15, 0.2) is 0 Å². The molecule has 0 N–H and O–H groups in total. The van der Waals surface area contributed by atoms with Crippen molar-refractivity contribution >= 4 is 11.6 Å². The van der Waals surface area contributed by atoms with Crippen LogP contribution in [0.15, 0.2) is 35.1 Å². The topological polar surface area (TPSA) is 58.4 Å². The van der Waals surface area contributed by atoms with Crippen molar-refractivity contribution in [3.05, 3.63) is 57.5 Å². The molecule has 0 bridgehead atoms. The summed E-state index contributed by atoms with van der Waals surface area (Å²) in [6.07, 6.45) is 0. The van der Waals surface area contributed by atoms with Gasteiger partial charge < -0.3 is 9.80 Å². The minimum Gasteiger partial charge on any atom is -0.368 e. The molecular weight excluding hydrogens is 316 g/mol. The van der Waals surface area contributed by atoms with Gasteiger partial charge in [0.25, 0.3) is 11.5 Å². The summed E-state index contributed by atoms with van der Waals surface area (Å²) in [5, 5.41) is 4.17. The molecule has 2 aromatic rings. The first kappa shape index (κ1) is 17.2. The molecule has 132 valence electrons. The zero-order valence-corrected chi connectivity index (χ0v) is 15.0. The summed E-state index contributed by atoms with van der Waals surface area (Å²) in [6, 6.07) is 9.39. The molecule has 1 saturated heterocycles. The Bertz CT molecular complexity index is 836. The van der Waals surface area contributed by atoms with E-state index in [0.29, 0.717) is 25.3 Å². The summed E-state index contributed by atoms with van der Waals surface area (Å²) in [5.41, 5.74) is 3.89. The normalized spacial score (nSPS) is 14.7. The van der Waals surface area contributed by atoms with Crippen molar-refractivity contribution in [2.24, 2.45) is 0 Å². The minimum absolute atomic E-state index is 0.109. The number of benzene rings is 1. The number of carbonyl (C=O) groups excluding carboxylic acids is 1. The van der Waals surface area contributed by atoms with Crippen LogP contribution in [-0.4, -0.2) is 46.8 Å². The Hall–Kier alpha value is -2.63. The second kappa shape index (κ2) is 7.09. The standard InChI is InChI=1S/C19H24N4O2/c1-4-23-18(24)8-7-16(20-23)19(25)22-11-9-21(10-12-22)17-13-14(2)5-6-15(17)3/h5-8,13H,4,9-12H2,1-3H3. The molecule has 1 fully saturated rings. The summed E-state index contributed by atoms with van der Waals surface area (Å²) >= 11 is 0. The molecule has 2 heterocycles. The van der Waals surface area contributed by atoms with Crippen LogP contribution in [0.4, 0.5) is 5.69 Å². The highest BCUT2D eigenvalue weighted by molar-refractivity contribution is 5.92. The Morgan fingerprint density at radius 1 is 1.08 bits per heavy atom. The van der Waals surface area contributed by atoms with Gasteiger partial charge in [-0.1, -0.05) is 12.1 Å². The van der Waals surface area contributed by atoms with Crippen LogP contribution in [0.2, 0.25) is 0 Å². The molecule has 0 atom stereocenters. The lowest BCUT2D eigenvalue weighted by molar-refractivity contribution is 0.0738. The zero-order valence-electron chi connectivity index (χ0n) is 15.0. The lowest BCUT2D eigenvalue weighted by Gasteiger charge is -2.36. The van der Waals surface area contributed by atoms with Gasteiger partial charge in [-0.05, 0) is 44.0 Å². The fraction of sp³-hybridized carbons (Fsp3) is 0.421. The smallest absolute Gasteiger partial charge is 0.274 e. The van der Waals surface area contributed by atoms with Gasteiger partial charge >= 0.3 is 0 Å². The SMILES string of the molecule is CCn1nc(C(=O)N2CCN(c3cc(C)ccc3C)CC2)ccc1=O. The van der Waals surface area contributed by atoms with Crippen molar-refractivity contribution in [2.45, 2.75) is 27.3 Å². The molecule has 0 spiro atoms. The third-order valence-corrected chi connectivity index (χ3v) is 4.66. The summed E-state index contributed by atoms with van der Waals surface area (Å²) in [6.45, 7) is 9.40. The Labute approximate surface area is 147 Å². The predicted octanol–water partition coefficient (Wildman–Crippen LogP) is 1.84. The van der Waals surface area contributed by atoms with E-state index in [1.807, 2.05) is 11.8 Å². The van der Waals surface area contributed by atoms with Gasteiger partial charge in [-0.25, -0.2) is 4.68 Å². The van der Waals surface area contributed by atoms with Crippen LogP contribution in [0.3, 0.4) is 0 Å². The third kappa shape index (κ3) is 3.57. The van der Waals surface area contributed by atoms with Crippen molar-refractivity contribution in [1.82, 2.24) is 14.7 Å². The third-order valence-electron chi connectivity index (χ3n) is 4.66. The van der Waals surface area contributed by atoms with Crippen molar-refractivity contribution in [1.29, 1.82) is 0 Å². The summed E-state index contributed by atoms with van der Waals surface area (Å²) in [5.74, 6) is -0.109. The Morgan fingerprint density at radius 3 is 2.48 bits per heavy atom. The average Bonchev–Trinajstić information content (AvgIpc) is 2.64. The van der Waals surface area contributed by atoms with E-state index in [1.54, 1.807) is 0 Å². The van der Waals surface area contributed by atoms with E-state index in [4.69, 9.17) is 0 Å². The lowest BCUT2D eigenvalue weighted by Crippen LogP contribution is -2.49. The van der Waals surface area contributed by atoms with Crippen molar-refractivity contribution < 1.29 is 4.79 Å². The van der Waals surface area contributed by atoms with E-state index in [0.717, 1.165) is 13.1 Å². The van der Waals surface area contributed by atoms with Gasteiger partial charge in [0, 0.05) is 44.5 Å². The van der Waals surface area contributed by atoms with Crippen LogP contribution in [0.5, 0.6) is 0 Å². The highest BCUT2D eigenvalue weighted by Crippen LogP contribution is 2.23. The Morgan fingerprint density at radius 2 is 1.80 bits per heavy atom. The first-order chi connectivity index (χ1) is 12.0. The monoisotopic (exact) mass is 340 g/mol. The Kier molecular flexibility index (Phi) is 4.88. The molecule has 1 aromatic heterocycles. The van der Waals surface area contributed by atoms with Gasteiger partial charge in [-0.3, -0.25) is 9.59 Å². The number of anilines is 1. The van der Waals surface area contributed by atoms with E-state index >= 15 is 0 Å². The molecule has 1 aliphatic heterocycles. The second-order valence-corrected chi connectivity index (χ2v) is 6.44. The largest absolute Gasteiger partial charge is 0.368 e. The van der Waals surface area contributed by atoms with Crippen LogP contribution in [0.25, 0.3) is 0 Å². The van der Waals surface area contributed by atoms with E-state index in [1.165, 1.54) is 33.6 Å². The number of hydrogen-bond acceptors (Lipinski definition) is 4. The average molecular weight is 340 g/mol. The Balaban J connectivity index is 1.70. The highest BCUT2D eigenvalue weighted by Gasteiger charge is 2.24. The number of rotatable bonds is 3. The van der Waals surface area contributed by atoms with Crippen LogP contribution in [0.1, 0.15) is 28.5 Å². The van der Waals surface area contributed by atoms with E-state index in [9.17, 15) is 9.59 Å². The van der Waals surface area contributed by atoms with Crippen molar-refractivity contribution in [2.75, 3.05) is 31.1 Å². The number of aryl methyl sites for hydroxylation is 3. The lowest BCUT2D eigenvalue weighted by atomic mass is 10.1. The van der Waals surface area contributed by atoms with E-state index in [2.05, 4.69) is 42.0 Å². The van der Waals surface area contributed by atoms with Crippen LogP contribution >= 0.6 is 0 Å². The quantitative estimate of drug-likeness (QED) is 0.855. The van der Waals surface area contributed by atoms with E-state index in [-0.39, 0.29) is 11.5 Å². The molecule has 1 amide bonds. The second-order valence-electron chi connectivity index (χ2n) is 6.44. The number of aromatic nitrogens is 2. The number of nitrogens with zero attached hydrogens (tertiary/aromatic N) is 4. The first-order valence-corrected chi connectivity index (χ1v) is 8.69. The van der Waals surface area contributed by atoms with Crippen molar-refractivity contribution in [3.63, 3.8) is 0 Å². The fourth-order valence-electron chi connectivity index (χ4n) is 3.16. The molecule has 0 saturated carbocycles. The van der Waals surface area contributed by atoms with Crippen molar-refractivity contribution in [3.8, 4) is 0 Å². The molecule has 3 rings (SSSR count). The van der Waals surface area contributed by atoms with Gasteiger partial charge in [0.1, 0.15) is 5.69 Å². The maximum absolute atomic E-state index is 12.7. The van der Waals surface area contributed by atoms with Crippen LogP contribution in [0, 0.1) is 13.8 Å². The number of carbonyl (C=O) groups is 1. The molecule has 0 unspecified atom stereocenters. The highest BCUT2D eigenvalue weighted by atomic mass is 16.2. The molecule has 0 radical (unpaired) electrons. The molecule has 6 nitrogen and oxygen atoms in total. The maximum atomic E-state index is 12.7. The molecule has 1 aromatic carbocycles. The fourth-order valence-corrected chi connectivity index (χ4v) is 3.16. The summed E-state index contributed by atoms with van der Waals surface area (Å²) in [7, 11) is 0. The first-order valence-electron chi connectivity index (χ1n) is 8.69. The molecule has 0 aliphatic carbocycles. The van der Waals surface area contributed by atoms with Crippen LogP contribution < -0.4 is 10.5 Å². The molecule has 25 heavy (non-hydrogen) atoms. The van der Waals surface area contributed by atoms with Gasteiger partial charge in [0.05, 0.1) is 0 Å². The number of hydrogen-bond donors (Lipinski definition) is 0. The summed E-state index contributed by atoms with van der Waals surface area (Å²) < 4.78 is 1.32. The van der Waals surface area contributed by atoms with E-state index < -0.39 is 0 Å². The van der Waals surface area contributed by atoms with Gasteiger partial charge in [-0.2, -0.15) is 5.10 Å². The minimum atomic E-state index is -0.182. The van der Waals surface area contributed by atoms with Gasteiger partial charge in [-0.15, -0.1) is 0 Å². The zero-order chi connectivity index (χ0) is 18.0. The maximum Gasteiger partial charge on any atom is 0.274 e. The number of amides is 1.